The van der Waals surface area contributed by atoms with Crippen LogP contribution < -0.4 is 5.32 Å². The van der Waals surface area contributed by atoms with Crippen molar-refractivity contribution in [3.63, 3.8) is 0 Å². The molecule has 1 fully saturated rings. The van der Waals surface area contributed by atoms with E-state index in [9.17, 15) is 19.5 Å². The van der Waals surface area contributed by atoms with Crippen molar-refractivity contribution in [2.45, 2.75) is 57.6 Å². The minimum Gasteiger partial charge on any atom is -0.481 e. The van der Waals surface area contributed by atoms with Gasteiger partial charge in [-0.05, 0) is 39.5 Å². The fraction of sp³-hybridized carbons (Fsp3) is 0.650. The SMILES string of the molecule is CCOC(=O)C1=C(NC(=O)C2CCC=C(C)C2C(=O)O)SC2CCCCC12. The molecule has 1 heterocycles. The summed E-state index contributed by atoms with van der Waals surface area (Å²) >= 11 is 1.54. The Bertz CT molecular complexity index is 698. The monoisotopic (exact) mass is 393 g/mol. The molecule has 1 saturated carbocycles. The van der Waals surface area contributed by atoms with Crippen LogP contribution in [-0.4, -0.2) is 34.8 Å². The first-order valence-electron chi connectivity index (χ1n) is 9.72. The van der Waals surface area contributed by atoms with E-state index in [4.69, 9.17) is 4.74 Å². The molecule has 0 aromatic rings. The molecule has 0 bridgehead atoms. The minimum atomic E-state index is -0.976. The van der Waals surface area contributed by atoms with Gasteiger partial charge < -0.3 is 15.2 Å². The van der Waals surface area contributed by atoms with Gasteiger partial charge in [0.2, 0.25) is 5.91 Å². The van der Waals surface area contributed by atoms with E-state index in [2.05, 4.69) is 5.32 Å². The molecule has 4 atom stereocenters. The topological polar surface area (TPSA) is 92.7 Å². The average Bonchev–Trinajstić information content (AvgIpc) is 2.99. The smallest absolute Gasteiger partial charge is 0.336 e. The van der Waals surface area contributed by atoms with Gasteiger partial charge in [-0.3, -0.25) is 9.59 Å². The van der Waals surface area contributed by atoms with E-state index in [1.165, 1.54) is 0 Å². The Morgan fingerprint density at radius 2 is 2.00 bits per heavy atom. The van der Waals surface area contributed by atoms with Crippen molar-refractivity contribution in [1.29, 1.82) is 0 Å². The van der Waals surface area contributed by atoms with E-state index in [1.54, 1.807) is 25.6 Å². The molecule has 148 valence electrons. The maximum atomic E-state index is 12.9. The number of nitrogens with one attached hydrogen (secondary N) is 1. The fourth-order valence-corrected chi connectivity index (χ4v) is 6.00. The van der Waals surface area contributed by atoms with Gasteiger partial charge in [-0.2, -0.15) is 0 Å². The van der Waals surface area contributed by atoms with E-state index in [0.717, 1.165) is 31.3 Å². The first-order valence-corrected chi connectivity index (χ1v) is 10.6. The number of ether oxygens (including phenoxy) is 1. The number of aliphatic carboxylic acids is 1. The first kappa shape index (κ1) is 20.0. The van der Waals surface area contributed by atoms with Crippen LogP contribution in [-0.2, 0) is 19.1 Å². The van der Waals surface area contributed by atoms with Crippen LogP contribution in [0.4, 0.5) is 0 Å². The molecule has 0 aromatic carbocycles. The number of rotatable bonds is 5. The van der Waals surface area contributed by atoms with Gasteiger partial charge in [-0.25, -0.2) is 4.79 Å². The molecule has 3 rings (SSSR count). The quantitative estimate of drug-likeness (QED) is 0.550. The number of carbonyl (C=O) groups is 3. The van der Waals surface area contributed by atoms with E-state index in [0.29, 0.717) is 30.1 Å². The number of thioether (sulfide) groups is 1. The molecule has 1 aliphatic heterocycles. The molecular weight excluding hydrogens is 366 g/mol. The number of carbonyl (C=O) groups excluding carboxylic acids is 2. The van der Waals surface area contributed by atoms with Gasteiger partial charge in [0, 0.05) is 11.2 Å². The van der Waals surface area contributed by atoms with Crippen molar-refractivity contribution in [2.24, 2.45) is 17.8 Å². The average molecular weight is 394 g/mol. The van der Waals surface area contributed by atoms with Gasteiger partial charge >= 0.3 is 11.9 Å². The lowest BCUT2D eigenvalue weighted by Crippen LogP contribution is -2.39. The summed E-state index contributed by atoms with van der Waals surface area (Å²) in [7, 11) is 0. The van der Waals surface area contributed by atoms with E-state index < -0.39 is 17.8 Å². The Morgan fingerprint density at radius 1 is 1.26 bits per heavy atom. The molecule has 0 radical (unpaired) electrons. The van der Waals surface area contributed by atoms with Crippen LogP contribution in [0.1, 0.15) is 52.4 Å². The Labute approximate surface area is 163 Å². The largest absolute Gasteiger partial charge is 0.481 e. The number of carboxylic acid groups (broad SMARTS) is 1. The van der Waals surface area contributed by atoms with Gasteiger partial charge in [0.25, 0.3) is 0 Å². The van der Waals surface area contributed by atoms with Gasteiger partial charge in [0.1, 0.15) is 0 Å². The van der Waals surface area contributed by atoms with Crippen LogP contribution in [0, 0.1) is 17.8 Å². The fourth-order valence-electron chi connectivity index (χ4n) is 4.46. The Morgan fingerprint density at radius 3 is 2.70 bits per heavy atom. The van der Waals surface area contributed by atoms with Crippen molar-refractivity contribution in [2.75, 3.05) is 6.61 Å². The molecule has 2 N–H and O–H groups in total. The number of hydrogen-bond acceptors (Lipinski definition) is 5. The molecule has 1 amide bonds. The maximum absolute atomic E-state index is 12.9. The van der Waals surface area contributed by atoms with Crippen LogP contribution in [0.25, 0.3) is 0 Å². The zero-order valence-electron chi connectivity index (χ0n) is 15.8. The molecule has 27 heavy (non-hydrogen) atoms. The Hall–Kier alpha value is -1.76. The van der Waals surface area contributed by atoms with Crippen LogP contribution >= 0.6 is 11.8 Å². The molecule has 3 aliphatic rings. The molecule has 2 aliphatic carbocycles. The highest BCUT2D eigenvalue weighted by Crippen LogP contribution is 2.48. The third kappa shape index (κ3) is 4.08. The summed E-state index contributed by atoms with van der Waals surface area (Å²) < 4.78 is 5.24. The second-order valence-corrected chi connectivity index (χ2v) is 8.70. The number of carboxylic acids is 1. The van der Waals surface area contributed by atoms with Gasteiger partial charge in [0.15, 0.2) is 0 Å². The second-order valence-electron chi connectivity index (χ2n) is 7.45. The molecule has 0 aromatic heterocycles. The zero-order valence-corrected chi connectivity index (χ0v) is 16.6. The van der Waals surface area contributed by atoms with Crippen molar-refractivity contribution >= 4 is 29.6 Å². The highest BCUT2D eigenvalue weighted by molar-refractivity contribution is 8.04. The van der Waals surface area contributed by atoms with Crippen LogP contribution in [0.3, 0.4) is 0 Å². The highest BCUT2D eigenvalue weighted by Gasteiger charge is 2.43. The number of allylic oxidation sites excluding steroid dienone is 1. The summed E-state index contributed by atoms with van der Waals surface area (Å²) in [4.78, 5) is 37.2. The maximum Gasteiger partial charge on any atom is 0.336 e. The zero-order chi connectivity index (χ0) is 19.6. The number of esters is 1. The molecule has 0 spiro atoms. The molecule has 7 heteroatoms. The minimum absolute atomic E-state index is 0.112. The predicted molar refractivity (Wildman–Crippen MR) is 103 cm³/mol. The summed E-state index contributed by atoms with van der Waals surface area (Å²) in [5.74, 6) is -2.95. The van der Waals surface area contributed by atoms with Crippen LogP contribution in [0.5, 0.6) is 0 Å². The summed E-state index contributed by atoms with van der Waals surface area (Å²) in [6, 6.07) is 0. The standard InChI is InChI=1S/C20H27NO5S/c1-3-26-20(25)16-12-8-4-5-10-14(12)27-18(16)21-17(22)13-9-6-7-11(2)15(13)19(23)24/h7,12-15H,3-6,8-10H2,1-2H3,(H,21,22)(H,23,24). The van der Waals surface area contributed by atoms with Crippen molar-refractivity contribution in [3.8, 4) is 0 Å². The van der Waals surface area contributed by atoms with Gasteiger partial charge in [-0.1, -0.05) is 24.5 Å². The van der Waals surface area contributed by atoms with Crippen LogP contribution in [0.15, 0.2) is 22.3 Å². The first-order chi connectivity index (χ1) is 12.9. The lowest BCUT2D eigenvalue weighted by atomic mass is 9.78. The lowest BCUT2D eigenvalue weighted by molar-refractivity contribution is -0.146. The molecule has 4 unspecified atom stereocenters. The summed E-state index contributed by atoms with van der Waals surface area (Å²) in [5.41, 5.74) is 1.30. The lowest BCUT2D eigenvalue weighted by Gasteiger charge is -2.27. The Kier molecular flexibility index (Phi) is 6.29. The summed E-state index contributed by atoms with van der Waals surface area (Å²) in [6.07, 6.45) is 7.22. The number of fused-ring (bicyclic) bond motifs is 1. The Balaban J connectivity index is 1.83. The second kappa shape index (κ2) is 8.50. The number of amides is 1. The summed E-state index contributed by atoms with van der Waals surface area (Å²) in [5, 5.41) is 13.3. The predicted octanol–water partition coefficient (Wildman–Crippen LogP) is 3.24. The third-order valence-electron chi connectivity index (χ3n) is 5.76. The number of hydrogen-bond donors (Lipinski definition) is 2. The van der Waals surface area contributed by atoms with Crippen molar-refractivity contribution in [1.82, 2.24) is 5.32 Å². The van der Waals surface area contributed by atoms with Gasteiger partial charge in [0.05, 0.1) is 29.0 Å². The summed E-state index contributed by atoms with van der Waals surface area (Å²) in [6.45, 7) is 3.82. The van der Waals surface area contributed by atoms with Crippen LogP contribution in [0.2, 0.25) is 0 Å². The molecule has 6 nitrogen and oxygen atoms in total. The molecular formula is C20H27NO5S. The normalized spacial score (nSPS) is 30.4. The van der Waals surface area contributed by atoms with Gasteiger partial charge in [-0.15, -0.1) is 11.8 Å². The van der Waals surface area contributed by atoms with E-state index in [1.807, 2.05) is 6.08 Å². The highest BCUT2D eigenvalue weighted by atomic mass is 32.2. The van der Waals surface area contributed by atoms with Crippen molar-refractivity contribution < 1.29 is 24.2 Å². The third-order valence-corrected chi connectivity index (χ3v) is 7.18. The van der Waals surface area contributed by atoms with E-state index >= 15 is 0 Å². The van der Waals surface area contributed by atoms with Crippen molar-refractivity contribution in [3.05, 3.63) is 22.3 Å². The molecule has 0 saturated heterocycles. The van der Waals surface area contributed by atoms with E-state index in [-0.39, 0.29) is 23.0 Å².